The maximum atomic E-state index is 13.6. The van der Waals surface area contributed by atoms with E-state index in [4.69, 9.17) is 4.74 Å². The number of pyridine rings is 2. The first-order valence-corrected chi connectivity index (χ1v) is 12.7. The third-order valence-corrected chi connectivity index (χ3v) is 6.99. The second-order valence-corrected chi connectivity index (χ2v) is 11.3. The van der Waals surface area contributed by atoms with Gasteiger partial charge in [0.1, 0.15) is 11.3 Å². The van der Waals surface area contributed by atoms with E-state index in [1.807, 2.05) is 0 Å². The van der Waals surface area contributed by atoms with Gasteiger partial charge >= 0.3 is 6.18 Å². The van der Waals surface area contributed by atoms with Gasteiger partial charge in [-0.2, -0.15) is 18.3 Å². The van der Waals surface area contributed by atoms with E-state index < -0.39 is 44.5 Å². The number of amides is 1. The quantitative estimate of drug-likeness (QED) is 0.459. The minimum Gasteiger partial charge on any atom is -0.506 e. The van der Waals surface area contributed by atoms with Crippen molar-refractivity contribution in [3.8, 4) is 17.4 Å². The monoisotopic (exact) mass is 541 g/mol. The smallest absolute Gasteiger partial charge is 0.423 e. The molecule has 3 aromatic rings. The van der Waals surface area contributed by atoms with Crippen LogP contribution in [-0.2, 0) is 28.1 Å². The Hall–Kier alpha value is -3.68. The van der Waals surface area contributed by atoms with E-state index >= 15 is 0 Å². The molecule has 1 amide bonds. The van der Waals surface area contributed by atoms with Gasteiger partial charge in [-0.15, -0.1) is 0 Å². The molecule has 0 bridgehead atoms. The average Bonchev–Trinajstić information content (AvgIpc) is 3.13. The Morgan fingerprint density at radius 3 is 2.38 bits per heavy atom. The summed E-state index contributed by atoms with van der Waals surface area (Å²) in [6, 6.07) is 2.85. The summed E-state index contributed by atoms with van der Waals surface area (Å²) in [6.07, 6.45) is -2.26. The van der Waals surface area contributed by atoms with Crippen LogP contribution in [0.15, 0.2) is 35.6 Å². The second kappa shape index (κ2) is 10.00. The molecule has 0 saturated heterocycles. The predicted octanol–water partition coefficient (Wildman–Crippen LogP) is 3.98. The minimum absolute atomic E-state index is 0.0575. The molecule has 3 rings (SSSR count). The zero-order valence-electron chi connectivity index (χ0n) is 20.7. The van der Waals surface area contributed by atoms with Crippen LogP contribution in [0.4, 0.5) is 13.2 Å². The van der Waals surface area contributed by atoms with Gasteiger partial charge in [0.25, 0.3) is 5.91 Å². The van der Waals surface area contributed by atoms with E-state index in [-0.39, 0.29) is 34.3 Å². The lowest BCUT2D eigenvalue weighted by molar-refractivity contribution is -0.139. The standard InChI is InChI=1S/C23H26F3N5O5S/c1-6-37(34,35)15-8-7-14(28-10-15)9-29-20(33)19-13(2)21(31(30-19)22(3,4)5)36-17-12-27-11-16(32)18(17)23(24,25)26/h7-8,10-12,32H,6,9H2,1-5H3,(H,29,33). The highest BCUT2D eigenvalue weighted by molar-refractivity contribution is 7.91. The second-order valence-electron chi connectivity index (χ2n) is 9.06. The topological polar surface area (TPSA) is 136 Å². The number of rotatable bonds is 7. The van der Waals surface area contributed by atoms with Gasteiger partial charge in [0.05, 0.1) is 40.8 Å². The van der Waals surface area contributed by atoms with E-state index in [1.54, 1.807) is 20.8 Å². The Labute approximate surface area is 211 Å². The van der Waals surface area contributed by atoms with Crippen molar-refractivity contribution >= 4 is 15.7 Å². The lowest BCUT2D eigenvalue weighted by atomic mass is 10.1. The number of alkyl halides is 3. The lowest BCUT2D eigenvalue weighted by Crippen LogP contribution is -2.27. The largest absolute Gasteiger partial charge is 0.506 e. The van der Waals surface area contributed by atoms with Crippen LogP contribution in [0.25, 0.3) is 0 Å². The number of sulfone groups is 1. The predicted molar refractivity (Wildman–Crippen MR) is 126 cm³/mol. The third-order valence-electron chi connectivity index (χ3n) is 5.27. The molecule has 0 spiro atoms. The number of nitrogens with zero attached hydrogens (tertiary/aromatic N) is 4. The first kappa shape index (κ1) is 27.9. The molecule has 3 aromatic heterocycles. The number of carbonyl (C=O) groups excluding carboxylic acids is 1. The summed E-state index contributed by atoms with van der Waals surface area (Å²) in [5.74, 6) is -2.72. The zero-order valence-corrected chi connectivity index (χ0v) is 21.5. The number of ether oxygens (including phenoxy) is 1. The fourth-order valence-corrected chi connectivity index (χ4v) is 4.11. The molecule has 0 radical (unpaired) electrons. The molecule has 0 aliphatic rings. The van der Waals surface area contributed by atoms with Crippen molar-refractivity contribution < 1.29 is 36.2 Å². The fourth-order valence-electron chi connectivity index (χ4n) is 3.29. The molecule has 0 atom stereocenters. The highest BCUT2D eigenvalue weighted by Gasteiger charge is 2.39. The van der Waals surface area contributed by atoms with Gasteiger partial charge < -0.3 is 15.2 Å². The summed E-state index contributed by atoms with van der Waals surface area (Å²) in [7, 11) is -3.42. The lowest BCUT2D eigenvalue weighted by Gasteiger charge is -2.23. The van der Waals surface area contributed by atoms with Crippen molar-refractivity contribution in [2.45, 2.75) is 57.8 Å². The van der Waals surface area contributed by atoms with Gasteiger partial charge in [-0.1, -0.05) is 6.92 Å². The molecular formula is C23H26F3N5O5S. The first-order valence-electron chi connectivity index (χ1n) is 11.0. The van der Waals surface area contributed by atoms with Gasteiger partial charge in [0.15, 0.2) is 21.3 Å². The van der Waals surface area contributed by atoms with Crippen LogP contribution in [0.1, 0.15) is 55.0 Å². The molecule has 2 N–H and O–H groups in total. The molecule has 200 valence electrons. The summed E-state index contributed by atoms with van der Waals surface area (Å²) in [5, 5.41) is 16.7. The number of hydrogen-bond donors (Lipinski definition) is 2. The number of hydrogen-bond acceptors (Lipinski definition) is 8. The average molecular weight is 542 g/mol. The first-order chi connectivity index (χ1) is 17.1. The summed E-state index contributed by atoms with van der Waals surface area (Å²) in [6.45, 7) is 8.07. The Morgan fingerprint density at radius 1 is 1.16 bits per heavy atom. The summed E-state index contributed by atoms with van der Waals surface area (Å²) in [5.41, 5.74) is -1.77. The SMILES string of the molecule is CCS(=O)(=O)c1ccc(CNC(=O)c2nn(C(C)(C)C)c(Oc3cncc(O)c3C(F)(F)F)c2C)nc1. The van der Waals surface area contributed by atoms with Gasteiger partial charge in [-0.05, 0) is 39.8 Å². The third kappa shape index (κ3) is 6.01. The highest BCUT2D eigenvalue weighted by Crippen LogP contribution is 2.43. The summed E-state index contributed by atoms with van der Waals surface area (Å²) in [4.78, 5) is 20.6. The van der Waals surface area contributed by atoms with Crippen molar-refractivity contribution in [3.63, 3.8) is 0 Å². The van der Waals surface area contributed by atoms with Crippen LogP contribution in [0.2, 0.25) is 0 Å². The Morgan fingerprint density at radius 2 is 1.84 bits per heavy atom. The van der Waals surface area contributed by atoms with Crippen molar-refractivity contribution in [1.82, 2.24) is 25.1 Å². The molecular weight excluding hydrogens is 515 g/mol. The molecule has 0 saturated carbocycles. The van der Waals surface area contributed by atoms with E-state index in [2.05, 4.69) is 20.4 Å². The summed E-state index contributed by atoms with van der Waals surface area (Å²) < 4.78 is 71.4. The van der Waals surface area contributed by atoms with E-state index in [0.717, 1.165) is 6.20 Å². The van der Waals surface area contributed by atoms with Crippen molar-refractivity contribution in [2.75, 3.05) is 5.75 Å². The Bertz CT molecular complexity index is 1410. The van der Waals surface area contributed by atoms with Gasteiger partial charge in [-0.3, -0.25) is 14.8 Å². The number of nitrogens with one attached hydrogen (secondary N) is 1. The molecule has 0 unspecified atom stereocenters. The van der Waals surface area contributed by atoms with E-state index in [9.17, 15) is 31.5 Å². The van der Waals surface area contributed by atoms with E-state index in [0.29, 0.717) is 11.9 Å². The maximum absolute atomic E-state index is 13.6. The molecule has 0 aliphatic carbocycles. The fraction of sp³-hybridized carbons (Fsp3) is 0.391. The highest BCUT2D eigenvalue weighted by atomic mass is 32.2. The molecule has 3 heterocycles. The maximum Gasteiger partial charge on any atom is 0.423 e. The molecule has 14 heteroatoms. The van der Waals surface area contributed by atoms with Crippen LogP contribution in [0, 0.1) is 6.92 Å². The number of carbonyl (C=O) groups is 1. The van der Waals surface area contributed by atoms with Crippen LogP contribution in [-0.4, -0.2) is 44.9 Å². The van der Waals surface area contributed by atoms with Crippen LogP contribution in [0.5, 0.6) is 17.4 Å². The van der Waals surface area contributed by atoms with Gasteiger partial charge in [0, 0.05) is 11.8 Å². The number of aromatic nitrogens is 4. The van der Waals surface area contributed by atoms with Crippen molar-refractivity contribution in [3.05, 3.63) is 53.2 Å². The summed E-state index contributed by atoms with van der Waals surface area (Å²) >= 11 is 0. The molecule has 0 aromatic carbocycles. The van der Waals surface area contributed by atoms with Crippen LogP contribution < -0.4 is 10.1 Å². The minimum atomic E-state index is -4.93. The van der Waals surface area contributed by atoms with Crippen LogP contribution in [0.3, 0.4) is 0 Å². The Balaban J connectivity index is 1.91. The van der Waals surface area contributed by atoms with Crippen molar-refractivity contribution in [1.29, 1.82) is 0 Å². The molecule has 0 fully saturated rings. The van der Waals surface area contributed by atoms with Gasteiger partial charge in [-0.25, -0.2) is 13.1 Å². The number of aromatic hydroxyl groups is 1. The van der Waals surface area contributed by atoms with Crippen LogP contribution >= 0.6 is 0 Å². The zero-order chi connectivity index (χ0) is 27.8. The Kier molecular flexibility index (Phi) is 7.54. The normalized spacial score (nSPS) is 12.4. The molecule has 37 heavy (non-hydrogen) atoms. The molecule has 0 aliphatic heterocycles. The number of halogens is 3. The molecule has 10 nitrogen and oxygen atoms in total. The van der Waals surface area contributed by atoms with E-state index in [1.165, 1.54) is 36.9 Å². The van der Waals surface area contributed by atoms with Crippen molar-refractivity contribution in [2.24, 2.45) is 0 Å². The van der Waals surface area contributed by atoms with Gasteiger partial charge in [0.2, 0.25) is 5.88 Å².